The van der Waals surface area contributed by atoms with Crippen LogP contribution in [0.3, 0.4) is 0 Å². The highest BCUT2D eigenvalue weighted by Crippen LogP contribution is 2.10. The van der Waals surface area contributed by atoms with Crippen LogP contribution in [0.15, 0.2) is 0 Å². The Balaban J connectivity index is 4.45. The minimum absolute atomic E-state index is 0.323. The van der Waals surface area contributed by atoms with E-state index >= 15 is 0 Å². The molecule has 5 heteroatoms. The van der Waals surface area contributed by atoms with Gasteiger partial charge in [0.2, 0.25) is 0 Å². The molecule has 0 rings (SSSR count). The number of ether oxygens (including phenoxy) is 1. The van der Waals surface area contributed by atoms with Gasteiger partial charge in [0.25, 0.3) is 0 Å². The van der Waals surface area contributed by atoms with Crippen LogP contribution in [0.4, 0.5) is 4.79 Å². The third-order valence-corrected chi connectivity index (χ3v) is 1.87. The van der Waals surface area contributed by atoms with Gasteiger partial charge >= 0.3 is 6.09 Å². The summed E-state index contributed by atoms with van der Waals surface area (Å²) in [7, 11) is 0. The molecule has 0 saturated heterocycles. The van der Waals surface area contributed by atoms with Gasteiger partial charge in [0.15, 0.2) is 5.78 Å². The first kappa shape index (κ1) is 13.9. The van der Waals surface area contributed by atoms with Gasteiger partial charge in [-0.3, -0.25) is 4.79 Å². The van der Waals surface area contributed by atoms with Crippen molar-refractivity contribution in [3.63, 3.8) is 0 Å². The molecular formula is C10H19NO4. The van der Waals surface area contributed by atoms with E-state index in [1.807, 2.05) is 0 Å². The molecule has 1 atom stereocenters. The Bertz CT molecular complexity index is 257. The molecule has 1 amide bonds. The smallest absolute Gasteiger partial charge is 0.408 e. The summed E-state index contributed by atoms with van der Waals surface area (Å²) < 4.78 is 4.97. The lowest BCUT2D eigenvalue weighted by molar-refractivity contribution is -0.124. The molecule has 15 heavy (non-hydrogen) atoms. The number of amides is 1. The lowest BCUT2D eigenvalue weighted by Crippen LogP contribution is -2.55. The van der Waals surface area contributed by atoms with Crippen molar-refractivity contribution in [2.45, 2.75) is 45.8 Å². The Morgan fingerprint density at radius 1 is 1.27 bits per heavy atom. The Kier molecular flexibility index (Phi) is 4.27. The van der Waals surface area contributed by atoms with E-state index in [9.17, 15) is 9.59 Å². The van der Waals surface area contributed by atoms with Crippen molar-refractivity contribution < 1.29 is 19.4 Å². The summed E-state index contributed by atoms with van der Waals surface area (Å²) >= 11 is 0. The monoisotopic (exact) mass is 217 g/mol. The first-order chi connectivity index (χ1) is 6.60. The van der Waals surface area contributed by atoms with E-state index in [-0.39, 0.29) is 5.78 Å². The van der Waals surface area contributed by atoms with Crippen LogP contribution in [0, 0.1) is 0 Å². The zero-order valence-electron chi connectivity index (χ0n) is 9.88. The second-order valence-electron chi connectivity index (χ2n) is 4.67. The fourth-order valence-corrected chi connectivity index (χ4v) is 0.768. The standard InChI is InChI=1S/C10H19NO4/c1-7(13)10(5,6-12)11-8(14)15-9(2,3)4/h12H,6H2,1-5H3,(H,11,14)/t10-/m1/s1. The molecule has 0 bridgehead atoms. The SMILES string of the molecule is CC(=O)[C@@](C)(CO)NC(=O)OC(C)(C)C. The number of carbonyl (C=O) groups is 2. The maximum absolute atomic E-state index is 11.3. The van der Waals surface area contributed by atoms with Crippen LogP contribution in [0.2, 0.25) is 0 Å². The van der Waals surface area contributed by atoms with Crippen LogP contribution in [-0.4, -0.2) is 34.7 Å². The number of hydrogen-bond acceptors (Lipinski definition) is 4. The second kappa shape index (κ2) is 4.61. The van der Waals surface area contributed by atoms with E-state index in [1.165, 1.54) is 13.8 Å². The summed E-state index contributed by atoms with van der Waals surface area (Å²) in [6.07, 6.45) is -0.714. The fraction of sp³-hybridized carbons (Fsp3) is 0.800. The average Bonchev–Trinajstić information content (AvgIpc) is 1.99. The van der Waals surface area contributed by atoms with Gasteiger partial charge < -0.3 is 15.2 Å². The lowest BCUT2D eigenvalue weighted by Gasteiger charge is -2.28. The van der Waals surface area contributed by atoms with E-state index in [0.717, 1.165) is 0 Å². The molecule has 0 aliphatic heterocycles. The molecule has 0 saturated carbocycles. The van der Waals surface area contributed by atoms with Crippen LogP contribution in [0.5, 0.6) is 0 Å². The molecule has 0 aliphatic rings. The predicted molar refractivity (Wildman–Crippen MR) is 55.5 cm³/mol. The normalized spacial score (nSPS) is 15.3. The average molecular weight is 217 g/mol. The maximum atomic E-state index is 11.3. The van der Waals surface area contributed by atoms with Gasteiger partial charge in [-0.2, -0.15) is 0 Å². The summed E-state index contributed by atoms with van der Waals surface area (Å²) in [5, 5.41) is 11.4. The quantitative estimate of drug-likeness (QED) is 0.735. The van der Waals surface area contributed by atoms with Crippen molar-refractivity contribution in [3.8, 4) is 0 Å². The van der Waals surface area contributed by atoms with Gasteiger partial charge in [0.05, 0.1) is 6.61 Å². The predicted octanol–water partition coefficient (Wildman–Crippen LogP) is 0.851. The van der Waals surface area contributed by atoms with Crippen molar-refractivity contribution in [3.05, 3.63) is 0 Å². The molecule has 0 aromatic carbocycles. The molecule has 0 aromatic rings. The highest BCUT2D eigenvalue weighted by molar-refractivity contribution is 5.89. The van der Waals surface area contributed by atoms with Crippen molar-refractivity contribution in [2.75, 3.05) is 6.61 Å². The Labute approximate surface area is 89.8 Å². The number of rotatable bonds is 3. The summed E-state index contributed by atoms with van der Waals surface area (Å²) in [6, 6.07) is 0. The van der Waals surface area contributed by atoms with Gasteiger partial charge in [-0.15, -0.1) is 0 Å². The highest BCUT2D eigenvalue weighted by atomic mass is 16.6. The molecule has 88 valence electrons. The fourth-order valence-electron chi connectivity index (χ4n) is 0.768. The van der Waals surface area contributed by atoms with Gasteiger partial charge in [0.1, 0.15) is 11.1 Å². The minimum Gasteiger partial charge on any atom is -0.444 e. The molecule has 0 fully saturated rings. The zero-order chi connectivity index (χ0) is 12.3. The number of carbonyl (C=O) groups excluding carboxylic acids is 2. The van der Waals surface area contributed by atoms with Crippen LogP contribution in [-0.2, 0) is 9.53 Å². The van der Waals surface area contributed by atoms with E-state index in [0.29, 0.717) is 0 Å². The number of aliphatic hydroxyl groups is 1. The van der Waals surface area contributed by atoms with E-state index < -0.39 is 23.8 Å². The Morgan fingerprint density at radius 2 is 1.73 bits per heavy atom. The molecule has 2 N–H and O–H groups in total. The van der Waals surface area contributed by atoms with E-state index in [4.69, 9.17) is 9.84 Å². The van der Waals surface area contributed by atoms with Crippen molar-refractivity contribution >= 4 is 11.9 Å². The number of alkyl carbamates (subject to hydrolysis) is 1. The molecule has 0 spiro atoms. The molecule has 0 aliphatic carbocycles. The molecule has 0 radical (unpaired) electrons. The molecule has 0 aromatic heterocycles. The molecule has 0 unspecified atom stereocenters. The number of Topliss-reactive ketones (excluding diaryl/α,β-unsaturated/α-hetero) is 1. The largest absolute Gasteiger partial charge is 0.444 e. The Hall–Kier alpha value is -1.10. The van der Waals surface area contributed by atoms with Crippen molar-refractivity contribution in [1.82, 2.24) is 5.32 Å². The summed E-state index contributed by atoms with van der Waals surface area (Å²) in [5.41, 5.74) is -1.90. The highest BCUT2D eigenvalue weighted by Gasteiger charge is 2.32. The summed E-state index contributed by atoms with van der Waals surface area (Å²) in [4.78, 5) is 22.5. The van der Waals surface area contributed by atoms with Gasteiger partial charge in [0, 0.05) is 0 Å². The van der Waals surface area contributed by atoms with Gasteiger partial charge in [-0.1, -0.05) is 0 Å². The first-order valence-electron chi connectivity index (χ1n) is 4.74. The zero-order valence-corrected chi connectivity index (χ0v) is 9.88. The number of hydrogen-bond donors (Lipinski definition) is 2. The summed E-state index contributed by atoms with van der Waals surface area (Å²) in [5.74, 6) is -0.323. The second-order valence-corrected chi connectivity index (χ2v) is 4.67. The lowest BCUT2D eigenvalue weighted by atomic mass is 9.99. The van der Waals surface area contributed by atoms with Crippen molar-refractivity contribution in [2.24, 2.45) is 0 Å². The third kappa shape index (κ3) is 4.78. The topological polar surface area (TPSA) is 75.6 Å². The van der Waals surface area contributed by atoms with E-state index in [2.05, 4.69) is 5.32 Å². The van der Waals surface area contributed by atoms with Crippen LogP contribution in [0.1, 0.15) is 34.6 Å². The molecular weight excluding hydrogens is 198 g/mol. The van der Waals surface area contributed by atoms with Gasteiger partial charge in [-0.25, -0.2) is 4.79 Å². The van der Waals surface area contributed by atoms with Crippen LogP contribution < -0.4 is 5.32 Å². The van der Waals surface area contributed by atoms with Crippen LogP contribution >= 0.6 is 0 Å². The molecule has 0 heterocycles. The number of aliphatic hydroxyl groups excluding tert-OH is 1. The van der Waals surface area contributed by atoms with Crippen LogP contribution in [0.25, 0.3) is 0 Å². The first-order valence-corrected chi connectivity index (χ1v) is 4.74. The minimum atomic E-state index is -1.28. The van der Waals surface area contributed by atoms with Crippen molar-refractivity contribution in [1.29, 1.82) is 0 Å². The maximum Gasteiger partial charge on any atom is 0.408 e. The number of ketones is 1. The summed E-state index contributed by atoms with van der Waals surface area (Å²) in [6.45, 7) is 7.44. The van der Waals surface area contributed by atoms with E-state index in [1.54, 1.807) is 20.8 Å². The Morgan fingerprint density at radius 3 is 2.00 bits per heavy atom. The molecule has 5 nitrogen and oxygen atoms in total. The number of nitrogens with one attached hydrogen (secondary N) is 1. The third-order valence-electron chi connectivity index (χ3n) is 1.87. The van der Waals surface area contributed by atoms with Gasteiger partial charge in [-0.05, 0) is 34.6 Å².